The second-order valence-corrected chi connectivity index (χ2v) is 23.1. The number of imidazole rings is 1. The molecule has 1 rings (SSSR count). The van der Waals surface area contributed by atoms with E-state index in [1.807, 2.05) is 0 Å². The molecule has 0 radical (unpaired) electrons. The summed E-state index contributed by atoms with van der Waals surface area (Å²) >= 11 is 0. The average Bonchev–Trinajstić information content (AvgIpc) is 3.77. The highest BCUT2D eigenvalue weighted by atomic mass is 15.1. The Morgan fingerprint density at radius 1 is 0.379 bits per heavy atom. The molecule has 0 bridgehead atoms. The van der Waals surface area contributed by atoms with Gasteiger partial charge >= 0.3 is 0 Å². The first-order valence-corrected chi connectivity index (χ1v) is 31.4. The number of unbranched alkanes of at least 4 members (excludes halogenated alkanes) is 33. The van der Waals surface area contributed by atoms with Crippen LogP contribution in [-0.2, 0) is 13.1 Å². The van der Waals surface area contributed by atoms with Gasteiger partial charge in [0.1, 0.15) is 12.4 Å². The molecule has 0 fully saturated rings. The van der Waals surface area contributed by atoms with E-state index in [0.717, 1.165) is 30.3 Å². The monoisotopic (exact) mass is 926 g/mol. The summed E-state index contributed by atoms with van der Waals surface area (Å²) in [5.74, 6) is 2.72. The molecule has 0 aliphatic carbocycles. The molecule has 1 heterocycles. The van der Waals surface area contributed by atoms with E-state index in [2.05, 4.69) is 74.7 Å². The minimum Gasteiger partial charge on any atom is -0.344 e. The molecule has 1 aromatic rings. The second kappa shape index (κ2) is 50.6. The molecule has 2 atom stereocenters. The van der Waals surface area contributed by atoms with Crippen LogP contribution in [0.2, 0.25) is 0 Å². The van der Waals surface area contributed by atoms with E-state index in [0.29, 0.717) is 0 Å². The van der Waals surface area contributed by atoms with E-state index in [1.54, 1.807) is 0 Å². The summed E-state index contributed by atoms with van der Waals surface area (Å²) in [7, 11) is 0. The van der Waals surface area contributed by atoms with Crippen molar-refractivity contribution < 1.29 is 9.88 Å². The Morgan fingerprint density at radius 2 is 0.788 bits per heavy atom. The Balaban J connectivity index is 2.46. The Morgan fingerprint density at radius 3 is 1.23 bits per heavy atom. The quantitative estimate of drug-likeness (QED) is 0.0498. The van der Waals surface area contributed by atoms with Gasteiger partial charge in [-0.25, -0.2) is 9.13 Å². The van der Waals surface area contributed by atoms with Gasteiger partial charge in [-0.2, -0.15) is 0 Å². The predicted molar refractivity (Wildman–Crippen MR) is 297 cm³/mol. The Kier molecular flexibility index (Phi) is 48.4. The maximum absolute atomic E-state index is 2.79. The topological polar surface area (TPSA) is 25.4 Å². The van der Waals surface area contributed by atoms with Crippen molar-refractivity contribution in [3.8, 4) is 0 Å². The fourth-order valence-corrected chi connectivity index (χ4v) is 11.0. The lowest BCUT2D eigenvalue weighted by Gasteiger charge is -2.20. The second-order valence-electron chi connectivity index (χ2n) is 23.1. The third-order valence-electron chi connectivity index (χ3n) is 15.8. The normalized spacial score (nSPS) is 12.9. The Labute approximate surface area is 418 Å². The van der Waals surface area contributed by atoms with Gasteiger partial charge in [-0.05, 0) is 56.3 Å². The number of hydrogen-bond acceptors (Lipinski definition) is 0. The minimum atomic E-state index is 0.833. The summed E-state index contributed by atoms with van der Waals surface area (Å²) in [6.45, 7) is 17.9. The van der Waals surface area contributed by atoms with Crippen LogP contribution in [0.5, 0.6) is 0 Å². The standard InChI is InChI=1S/C63H126N3/c1-7-10-13-15-17-19-21-23-25-27-29-31-33-35-37-39-48-62(49-40-38-36-34-32-30-28-26-24-22-20-18-16-14-11-8-2)50-41-42-51-63(53-52-61(6)47-45-46-60(4)5)64-54-43-44-56-66-58-57-65(59-66)55-12-9-3/h57-64H,7-56H2,1-6H3/q+1/p+1. The van der Waals surface area contributed by atoms with Crippen molar-refractivity contribution in [1.29, 1.82) is 0 Å². The van der Waals surface area contributed by atoms with Crippen molar-refractivity contribution in [2.75, 3.05) is 6.54 Å². The number of quaternary nitrogens is 1. The van der Waals surface area contributed by atoms with E-state index in [1.165, 1.54) is 315 Å². The lowest BCUT2D eigenvalue weighted by atomic mass is 9.88. The van der Waals surface area contributed by atoms with Crippen molar-refractivity contribution in [3.05, 3.63) is 18.7 Å². The first kappa shape index (κ1) is 63.2. The highest BCUT2D eigenvalue weighted by molar-refractivity contribution is 4.67. The first-order chi connectivity index (χ1) is 32.5. The summed E-state index contributed by atoms with van der Waals surface area (Å²) in [6.07, 6.45) is 75.3. The number of aryl methyl sites for hydroxylation is 2. The molecule has 392 valence electrons. The predicted octanol–water partition coefficient (Wildman–Crippen LogP) is 20.0. The largest absolute Gasteiger partial charge is 0.344 e. The summed E-state index contributed by atoms with van der Waals surface area (Å²) in [6, 6.07) is 0.833. The third-order valence-corrected chi connectivity index (χ3v) is 15.8. The van der Waals surface area contributed by atoms with E-state index in [4.69, 9.17) is 0 Å². The molecule has 0 spiro atoms. The van der Waals surface area contributed by atoms with Gasteiger partial charge in [0.05, 0.1) is 25.7 Å². The van der Waals surface area contributed by atoms with E-state index in [9.17, 15) is 0 Å². The van der Waals surface area contributed by atoms with Gasteiger partial charge in [0.15, 0.2) is 0 Å². The van der Waals surface area contributed by atoms with Crippen molar-refractivity contribution in [3.63, 3.8) is 0 Å². The van der Waals surface area contributed by atoms with Gasteiger partial charge in [0.25, 0.3) is 0 Å². The van der Waals surface area contributed by atoms with Crippen molar-refractivity contribution in [1.82, 2.24) is 4.57 Å². The highest BCUT2D eigenvalue weighted by Crippen LogP contribution is 2.26. The van der Waals surface area contributed by atoms with Crippen molar-refractivity contribution in [2.24, 2.45) is 17.8 Å². The molecule has 0 aromatic carbocycles. The van der Waals surface area contributed by atoms with Crippen LogP contribution in [0, 0.1) is 17.8 Å². The van der Waals surface area contributed by atoms with E-state index < -0.39 is 0 Å². The summed E-state index contributed by atoms with van der Waals surface area (Å²) in [4.78, 5) is 0. The lowest BCUT2D eigenvalue weighted by molar-refractivity contribution is -0.704. The van der Waals surface area contributed by atoms with Crippen LogP contribution in [0.15, 0.2) is 18.7 Å². The van der Waals surface area contributed by atoms with Crippen LogP contribution in [0.25, 0.3) is 0 Å². The van der Waals surface area contributed by atoms with Crippen LogP contribution in [0.1, 0.15) is 343 Å². The molecule has 0 amide bonds. The zero-order valence-corrected chi connectivity index (χ0v) is 46.9. The van der Waals surface area contributed by atoms with Gasteiger partial charge in [-0.1, -0.05) is 298 Å². The van der Waals surface area contributed by atoms with Gasteiger partial charge in [-0.3, -0.25) is 0 Å². The average molecular weight is 927 g/mol. The van der Waals surface area contributed by atoms with Crippen LogP contribution in [-0.4, -0.2) is 17.2 Å². The fourth-order valence-electron chi connectivity index (χ4n) is 11.0. The lowest BCUT2D eigenvalue weighted by Crippen LogP contribution is -2.90. The summed E-state index contributed by atoms with van der Waals surface area (Å²) in [5, 5.41) is 2.79. The van der Waals surface area contributed by atoms with Crippen LogP contribution in [0.4, 0.5) is 0 Å². The summed E-state index contributed by atoms with van der Waals surface area (Å²) in [5.41, 5.74) is 0. The SMILES string of the molecule is CCCCCCCCCCCCCCCCCCC(CCCCCCCCCCCCCCCCCC)CCCCC(CCC(C)CCCC(C)C)[NH2+]CCCC[n+]1ccn(CCCC)c1. The maximum atomic E-state index is 2.79. The number of hydrogen-bond donors (Lipinski definition) is 1. The molecule has 0 saturated heterocycles. The Bertz CT molecular complexity index is 1010. The molecular weight excluding hydrogens is 799 g/mol. The molecule has 2 N–H and O–H groups in total. The number of rotatable bonds is 55. The maximum Gasteiger partial charge on any atom is 0.243 e. The van der Waals surface area contributed by atoms with Gasteiger partial charge in [0.2, 0.25) is 6.33 Å². The van der Waals surface area contributed by atoms with Crippen LogP contribution in [0.3, 0.4) is 0 Å². The number of aromatic nitrogens is 2. The van der Waals surface area contributed by atoms with Crippen LogP contribution >= 0.6 is 0 Å². The molecule has 3 nitrogen and oxygen atoms in total. The minimum absolute atomic E-state index is 0.833. The van der Waals surface area contributed by atoms with Gasteiger partial charge < -0.3 is 5.32 Å². The molecule has 0 aliphatic heterocycles. The highest BCUT2D eigenvalue weighted by Gasteiger charge is 2.16. The molecule has 0 aliphatic rings. The zero-order valence-electron chi connectivity index (χ0n) is 46.9. The smallest absolute Gasteiger partial charge is 0.243 e. The zero-order chi connectivity index (χ0) is 47.6. The van der Waals surface area contributed by atoms with Gasteiger partial charge in [0, 0.05) is 6.42 Å². The molecular formula is C63H127N3+2. The Hall–Kier alpha value is -0.830. The van der Waals surface area contributed by atoms with Gasteiger partial charge in [-0.15, -0.1) is 0 Å². The molecule has 3 heteroatoms. The number of nitrogens with zero attached hydrogens (tertiary/aromatic N) is 2. The molecule has 66 heavy (non-hydrogen) atoms. The first-order valence-electron chi connectivity index (χ1n) is 31.4. The molecule has 0 saturated carbocycles. The fraction of sp³-hybridized carbons (Fsp3) is 0.952. The summed E-state index contributed by atoms with van der Waals surface area (Å²) < 4.78 is 4.79. The number of nitrogens with two attached hydrogens (primary N) is 1. The van der Waals surface area contributed by atoms with E-state index in [-0.39, 0.29) is 0 Å². The molecule has 2 unspecified atom stereocenters. The third kappa shape index (κ3) is 44.4. The van der Waals surface area contributed by atoms with Crippen molar-refractivity contribution >= 4 is 0 Å². The van der Waals surface area contributed by atoms with Crippen molar-refractivity contribution in [2.45, 2.75) is 362 Å². The molecule has 1 aromatic heterocycles. The van der Waals surface area contributed by atoms with Crippen LogP contribution < -0.4 is 9.88 Å². The van der Waals surface area contributed by atoms with E-state index >= 15 is 0 Å².